The van der Waals surface area contributed by atoms with Crippen molar-refractivity contribution in [1.82, 2.24) is 9.62 Å². The van der Waals surface area contributed by atoms with Gasteiger partial charge in [0.15, 0.2) is 0 Å². The molecule has 9 heteroatoms. The lowest BCUT2D eigenvalue weighted by Crippen LogP contribution is -2.43. The van der Waals surface area contributed by atoms with Crippen molar-refractivity contribution in [2.24, 2.45) is 5.92 Å². The lowest BCUT2D eigenvalue weighted by Gasteiger charge is -2.31. The lowest BCUT2D eigenvalue weighted by atomic mass is 9.96. The number of halogens is 2. The summed E-state index contributed by atoms with van der Waals surface area (Å²) < 4.78 is 32.6. The Morgan fingerprint density at radius 2 is 1.72 bits per heavy atom. The molecule has 1 amide bonds. The van der Waals surface area contributed by atoms with Crippen LogP contribution in [0.15, 0.2) is 42.5 Å². The van der Waals surface area contributed by atoms with Crippen molar-refractivity contribution >= 4 is 39.1 Å². The Morgan fingerprint density at radius 1 is 1.12 bits per heavy atom. The SMILES string of the molecule is CCOc1ccc([C@H](C)NC(=O)C2CCN(S(=O)(=O)Cc3c(Cl)cccc3Cl)CC2)cc1. The molecule has 2 aromatic carbocycles. The molecular weight excluding hydrogens is 471 g/mol. The molecule has 1 fully saturated rings. The van der Waals surface area contributed by atoms with Gasteiger partial charge in [-0.3, -0.25) is 4.79 Å². The third-order valence-corrected chi connectivity index (χ3v) is 8.17. The number of benzene rings is 2. The van der Waals surface area contributed by atoms with Crippen LogP contribution in [0, 0.1) is 5.92 Å². The van der Waals surface area contributed by atoms with Gasteiger partial charge in [0.25, 0.3) is 0 Å². The van der Waals surface area contributed by atoms with Crippen LogP contribution >= 0.6 is 23.2 Å². The number of amides is 1. The highest BCUT2D eigenvalue weighted by atomic mass is 35.5. The van der Waals surface area contributed by atoms with Crippen molar-refractivity contribution in [3.8, 4) is 5.75 Å². The van der Waals surface area contributed by atoms with Gasteiger partial charge in [-0.05, 0) is 56.5 Å². The van der Waals surface area contributed by atoms with Crippen molar-refractivity contribution in [3.63, 3.8) is 0 Å². The molecule has 1 aliphatic heterocycles. The van der Waals surface area contributed by atoms with E-state index in [0.29, 0.717) is 48.1 Å². The number of piperidine rings is 1. The molecule has 174 valence electrons. The summed E-state index contributed by atoms with van der Waals surface area (Å²) in [5.41, 5.74) is 1.39. The van der Waals surface area contributed by atoms with E-state index in [1.165, 1.54) is 4.31 Å². The summed E-state index contributed by atoms with van der Waals surface area (Å²) in [7, 11) is -3.58. The second-order valence-electron chi connectivity index (χ2n) is 7.86. The summed E-state index contributed by atoms with van der Waals surface area (Å²) in [6.45, 7) is 5.05. The highest BCUT2D eigenvalue weighted by molar-refractivity contribution is 7.88. The standard InChI is InChI=1S/C23H28Cl2N2O4S/c1-3-31-19-9-7-17(8-10-19)16(2)26-23(28)18-11-13-27(14-12-18)32(29,30)15-20-21(24)5-4-6-22(20)25/h4-10,16,18H,3,11-15H2,1-2H3,(H,26,28)/t16-/m0/s1. The van der Waals surface area contributed by atoms with E-state index in [0.717, 1.165) is 11.3 Å². The highest BCUT2D eigenvalue weighted by Crippen LogP contribution is 2.29. The first kappa shape index (κ1) is 24.8. The van der Waals surface area contributed by atoms with Crippen LogP contribution in [-0.2, 0) is 20.6 Å². The van der Waals surface area contributed by atoms with Gasteiger partial charge in [-0.2, -0.15) is 0 Å². The maximum absolute atomic E-state index is 12.9. The molecule has 3 rings (SSSR count). The largest absolute Gasteiger partial charge is 0.494 e. The van der Waals surface area contributed by atoms with Gasteiger partial charge in [-0.25, -0.2) is 12.7 Å². The Kier molecular flexibility index (Phi) is 8.44. The van der Waals surface area contributed by atoms with Gasteiger partial charge in [-0.15, -0.1) is 0 Å². The Morgan fingerprint density at radius 3 is 2.28 bits per heavy atom. The van der Waals surface area contributed by atoms with Crippen LogP contribution < -0.4 is 10.1 Å². The van der Waals surface area contributed by atoms with Crippen LogP contribution in [0.1, 0.15) is 43.9 Å². The molecule has 0 spiro atoms. The summed E-state index contributed by atoms with van der Waals surface area (Å²) in [6.07, 6.45) is 0.939. The number of sulfonamides is 1. The number of nitrogens with zero attached hydrogens (tertiary/aromatic N) is 1. The van der Waals surface area contributed by atoms with E-state index in [9.17, 15) is 13.2 Å². The van der Waals surface area contributed by atoms with E-state index in [1.807, 2.05) is 38.1 Å². The van der Waals surface area contributed by atoms with Crippen LogP contribution in [0.2, 0.25) is 10.0 Å². The Balaban J connectivity index is 1.54. The second kappa shape index (κ2) is 10.9. The first-order chi connectivity index (χ1) is 15.2. The topological polar surface area (TPSA) is 75.7 Å². The van der Waals surface area contributed by atoms with Gasteiger partial charge in [-0.1, -0.05) is 41.4 Å². The molecule has 1 aliphatic rings. The van der Waals surface area contributed by atoms with Gasteiger partial charge in [0, 0.05) is 34.6 Å². The molecule has 0 saturated carbocycles. The number of nitrogens with one attached hydrogen (secondary N) is 1. The zero-order chi connectivity index (χ0) is 23.3. The summed E-state index contributed by atoms with van der Waals surface area (Å²) >= 11 is 12.3. The summed E-state index contributed by atoms with van der Waals surface area (Å²) in [4.78, 5) is 12.7. The zero-order valence-corrected chi connectivity index (χ0v) is 20.5. The van der Waals surface area contributed by atoms with Gasteiger partial charge in [0.05, 0.1) is 18.4 Å². The maximum atomic E-state index is 12.9. The van der Waals surface area contributed by atoms with E-state index >= 15 is 0 Å². The molecule has 1 atom stereocenters. The fourth-order valence-corrected chi connectivity index (χ4v) is 6.09. The van der Waals surface area contributed by atoms with Crippen molar-refractivity contribution < 1.29 is 17.9 Å². The average molecular weight is 499 g/mol. The summed E-state index contributed by atoms with van der Waals surface area (Å²) in [5.74, 6) is 0.256. The van der Waals surface area contributed by atoms with Crippen LogP contribution in [0.4, 0.5) is 0 Å². The van der Waals surface area contributed by atoms with Crippen molar-refractivity contribution in [2.75, 3.05) is 19.7 Å². The molecule has 0 aromatic heterocycles. The monoisotopic (exact) mass is 498 g/mol. The molecule has 32 heavy (non-hydrogen) atoms. The fraction of sp³-hybridized carbons (Fsp3) is 0.435. The third kappa shape index (κ3) is 6.16. The van der Waals surface area contributed by atoms with Gasteiger partial charge in [0.1, 0.15) is 5.75 Å². The zero-order valence-electron chi connectivity index (χ0n) is 18.2. The summed E-state index contributed by atoms with van der Waals surface area (Å²) in [5, 5.41) is 3.71. The third-order valence-electron chi connectivity index (χ3n) is 5.66. The predicted molar refractivity (Wildman–Crippen MR) is 128 cm³/mol. The Labute approximate surface area is 199 Å². The second-order valence-corrected chi connectivity index (χ2v) is 10.6. The molecule has 6 nitrogen and oxygen atoms in total. The van der Waals surface area contributed by atoms with Crippen molar-refractivity contribution in [1.29, 1.82) is 0 Å². The van der Waals surface area contributed by atoms with Gasteiger partial charge < -0.3 is 10.1 Å². The van der Waals surface area contributed by atoms with Gasteiger partial charge >= 0.3 is 0 Å². The molecule has 2 aromatic rings. The minimum Gasteiger partial charge on any atom is -0.494 e. The van der Waals surface area contributed by atoms with E-state index in [1.54, 1.807) is 18.2 Å². The van der Waals surface area contributed by atoms with Crippen molar-refractivity contribution in [2.45, 2.75) is 38.5 Å². The molecule has 0 unspecified atom stereocenters. The number of hydrogen-bond donors (Lipinski definition) is 1. The normalized spacial score (nSPS) is 16.5. The number of rotatable bonds is 8. The molecule has 0 aliphatic carbocycles. The first-order valence-electron chi connectivity index (χ1n) is 10.6. The minimum absolute atomic E-state index is 0.0578. The van der Waals surface area contributed by atoms with E-state index < -0.39 is 10.0 Å². The Hall–Kier alpha value is -1.80. The smallest absolute Gasteiger partial charge is 0.223 e. The van der Waals surface area contributed by atoms with E-state index in [2.05, 4.69) is 5.32 Å². The number of carbonyl (C=O) groups is 1. The summed E-state index contributed by atoms with van der Waals surface area (Å²) in [6, 6.07) is 12.4. The quantitative estimate of drug-likeness (QED) is 0.566. The molecule has 1 N–H and O–H groups in total. The maximum Gasteiger partial charge on any atom is 0.223 e. The highest BCUT2D eigenvalue weighted by Gasteiger charge is 2.32. The van der Waals surface area contributed by atoms with Crippen molar-refractivity contribution in [3.05, 3.63) is 63.6 Å². The van der Waals surface area contributed by atoms with Crippen LogP contribution in [0.3, 0.4) is 0 Å². The molecule has 0 bridgehead atoms. The lowest BCUT2D eigenvalue weighted by molar-refractivity contribution is -0.126. The fourth-order valence-electron chi connectivity index (χ4n) is 3.77. The molecule has 1 saturated heterocycles. The van der Waals surface area contributed by atoms with E-state index in [-0.39, 0.29) is 23.6 Å². The van der Waals surface area contributed by atoms with E-state index in [4.69, 9.17) is 27.9 Å². The van der Waals surface area contributed by atoms with Crippen LogP contribution in [0.5, 0.6) is 5.75 Å². The first-order valence-corrected chi connectivity index (χ1v) is 13.0. The average Bonchev–Trinajstić information content (AvgIpc) is 2.77. The number of carbonyl (C=O) groups excluding carboxylic acids is 1. The van der Waals surface area contributed by atoms with Gasteiger partial charge in [0.2, 0.25) is 15.9 Å². The van der Waals surface area contributed by atoms with Crippen LogP contribution in [0.25, 0.3) is 0 Å². The number of ether oxygens (including phenoxy) is 1. The van der Waals surface area contributed by atoms with Crippen LogP contribution in [-0.4, -0.2) is 38.3 Å². The molecule has 1 heterocycles. The predicted octanol–water partition coefficient (Wildman–Crippen LogP) is 4.81. The molecular formula is C23H28Cl2N2O4S. The Bertz CT molecular complexity index is 1020. The minimum atomic E-state index is -3.58. The number of hydrogen-bond acceptors (Lipinski definition) is 4. The molecule has 0 radical (unpaired) electrons.